The van der Waals surface area contributed by atoms with Crippen molar-refractivity contribution < 1.29 is 17.6 Å². The van der Waals surface area contributed by atoms with E-state index in [2.05, 4.69) is 20.6 Å². The molecule has 0 radical (unpaired) electrons. The highest BCUT2D eigenvalue weighted by Gasteiger charge is 2.33. The molecule has 0 saturated carbocycles. The Morgan fingerprint density at radius 2 is 2.03 bits per heavy atom. The Morgan fingerprint density at radius 1 is 1.27 bits per heavy atom. The Kier molecular flexibility index (Phi) is 5.71. The van der Waals surface area contributed by atoms with Gasteiger partial charge in [0.05, 0.1) is 0 Å². The molecule has 0 unspecified atom stereocenters. The topological polar surface area (TPSA) is 123 Å². The first-order chi connectivity index (χ1) is 14.3. The second-order valence-electron chi connectivity index (χ2n) is 7.29. The Hall–Kier alpha value is -2.57. The number of carbonyl (C=O) groups is 1. The summed E-state index contributed by atoms with van der Waals surface area (Å²) in [6.07, 6.45) is 2.67. The van der Waals surface area contributed by atoms with E-state index in [9.17, 15) is 13.2 Å². The summed E-state index contributed by atoms with van der Waals surface area (Å²) >= 11 is 1.19. The summed E-state index contributed by atoms with van der Waals surface area (Å²) in [5, 5.41) is 16.5. The third kappa shape index (κ3) is 4.16. The number of carbonyl (C=O) groups excluding carboxylic acids is 1. The molecule has 0 bridgehead atoms. The Labute approximate surface area is 178 Å². The van der Waals surface area contributed by atoms with Crippen molar-refractivity contribution in [3.8, 4) is 11.6 Å². The highest BCUT2D eigenvalue weighted by atomic mass is 32.2. The van der Waals surface area contributed by atoms with Gasteiger partial charge in [-0.25, -0.2) is 8.42 Å². The molecule has 3 aromatic rings. The Bertz CT molecular complexity index is 1110. The van der Waals surface area contributed by atoms with Crippen molar-refractivity contribution in [2.45, 2.75) is 36.9 Å². The fourth-order valence-electron chi connectivity index (χ4n) is 3.22. The molecule has 1 saturated heterocycles. The number of thiophene rings is 1. The van der Waals surface area contributed by atoms with E-state index in [4.69, 9.17) is 4.42 Å². The minimum atomic E-state index is -3.49. The summed E-state index contributed by atoms with van der Waals surface area (Å²) in [6, 6.07) is 5.28. The van der Waals surface area contributed by atoms with Gasteiger partial charge in [-0.15, -0.1) is 16.4 Å². The van der Waals surface area contributed by atoms with E-state index < -0.39 is 10.0 Å². The number of nitrogens with one attached hydrogen (secondary N) is 1. The first-order valence-electron chi connectivity index (χ1n) is 9.58. The van der Waals surface area contributed by atoms with E-state index >= 15 is 0 Å². The van der Waals surface area contributed by atoms with Crippen LogP contribution in [0.25, 0.3) is 11.6 Å². The highest BCUT2D eigenvalue weighted by Crippen LogP contribution is 2.27. The first-order valence-corrected chi connectivity index (χ1v) is 11.9. The summed E-state index contributed by atoms with van der Waals surface area (Å²) in [5.74, 6) is -0.358. The number of hydrogen-bond acceptors (Lipinski definition) is 8. The van der Waals surface area contributed by atoms with E-state index in [0.29, 0.717) is 35.8 Å². The lowest BCUT2D eigenvalue weighted by Gasteiger charge is -2.29. The number of hydrogen-bond donors (Lipinski definition) is 1. The molecule has 1 aliphatic rings. The number of aromatic nitrogens is 4. The molecule has 3 aromatic heterocycles. The van der Waals surface area contributed by atoms with E-state index in [0.717, 1.165) is 0 Å². The van der Waals surface area contributed by atoms with Gasteiger partial charge in [0.1, 0.15) is 9.90 Å². The average molecular weight is 451 g/mol. The quantitative estimate of drug-likeness (QED) is 0.612. The minimum absolute atomic E-state index is 0.00253. The maximum atomic E-state index is 12.6. The molecule has 1 fully saturated rings. The molecule has 30 heavy (non-hydrogen) atoms. The van der Waals surface area contributed by atoms with Crippen LogP contribution < -0.4 is 5.32 Å². The van der Waals surface area contributed by atoms with Gasteiger partial charge in [-0.3, -0.25) is 14.8 Å². The molecule has 1 amide bonds. The van der Waals surface area contributed by atoms with Crippen LogP contribution in [-0.2, 0) is 14.8 Å². The SMILES string of the molecule is CC(C)n1ccc(-c2nnc(NC(=O)C3CCN(S(=O)(=O)c4cccs4)CC3)o2)n1. The van der Waals surface area contributed by atoms with Gasteiger partial charge in [0.15, 0.2) is 0 Å². The average Bonchev–Trinajstić information content (AvgIpc) is 3.48. The molecular weight excluding hydrogens is 428 g/mol. The lowest BCUT2D eigenvalue weighted by molar-refractivity contribution is -0.121. The molecule has 10 nitrogen and oxygen atoms in total. The van der Waals surface area contributed by atoms with Gasteiger partial charge < -0.3 is 4.42 Å². The first kappa shape index (κ1) is 20.7. The van der Waals surface area contributed by atoms with Crippen LogP contribution >= 0.6 is 11.3 Å². The molecule has 4 heterocycles. The van der Waals surface area contributed by atoms with Crippen molar-refractivity contribution in [2.75, 3.05) is 18.4 Å². The third-order valence-corrected chi connectivity index (χ3v) is 8.20. The van der Waals surface area contributed by atoms with Crippen LogP contribution in [0.15, 0.2) is 38.4 Å². The lowest BCUT2D eigenvalue weighted by atomic mass is 9.97. The van der Waals surface area contributed by atoms with Gasteiger partial charge in [0.2, 0.25) is 5.91 Å². The van der Waals surface area contributed by atoms with Gasteiger partial charge in [0, 0.05) is 31.2 Å². The van der Waals surface area contributed by atoms with E-state index in [1.165, 1.54) is 15.6 Å². The Morgan fingerprint density at radius 3 is 2.67 bits per heavy atom. The smallest absolute Gasteiger partial charge is 0.322 e. The summed E-state index contributed by atoms with van der Waals surface area (Å²) < 4.78 is 34.2. The van der Waals surface area contributed by atoms with Gasteiger partial charge in [0.25, 0.3) is 15.9 Å². The second kappa shape index (κ2) is 8.28. The number of nitrogens with zero attached hydrogens (tertiary/aromatic N) is 5. The van der Waals surface area contributed by atoms with Gasteiger partial charge in [-0.2, -0.15) is 9.40 Å². The zero-order chi connectivity index (χ0) is 21.3. The Balaban J connectivity index is 1.35. The zero-order valence-corrected chi connectivity index (χ0v) is 18.2. The molecule has 12 heteroatoms. The van der Waals surface area contributed by atoms with Crippen LogP contribution in [0.5, 0.6) is 0 Å². The molecule has 0 aliphatic carbocycles. The predicted molar refractivity (Wildman–Crippen MR) is 110 cm³/mol. The van der Waals surface area contributed by atoms with Crippen LogP contribution in [-0.4, -0.2) is 51.7 Å². The highest BCUT2D eigenvalue weighted by molar-refractivity contribution is 7.91. The molecule has 1 aliphatic heterocycles. The molecule has 160 valence electrons. The molecule has 0 atom stereocenters. The van der Waals surface area contributed by atoms with Crippen molar-refractivity contribution >= 4 is 33.3 Å². The van der Waals surface area contributed by atoms with Crippen molar-refractivity contribution in [2.24, 2.45) is 5.92 Å². The standard InChI is InChI=1S/C18H22N6O4S2/c1-12(2)24-10-7-14(22-24)17-20-21-18(28-17)19-16(25)13-5-8-23(9-6-13)30(26,27)15-4-3-11-29-15/h3-4,7,10-13H,5-6,8-9H2,1-2H3,(H,19,21,25). The molecular formula is C18H22N6O4S2. The molecule has 0 aromatic carbocycles. The van der Waals surface area contributed by atoms with Crippen molar-refractivity contribution in [3.63, 3.8) is 0 Å². The summed E-state index contributed by atoms with van der Waals surface area (Å²) in [5.41, 5.74) is 0.531. The van der Waals surface area contributed by atoms with Crippen LogP contribution in [0.1, 0.15) is 32.7 Å². The summed E-state index contributed by atoms with van der Waals surface area (Å²) in [6.45, 7) is 4.60. The van der Waals surface area contributed by atoms with Crippen molar-refractivity contribution in [3.05, 3.63) is 29.8 Å². The largest absolute Gasteiger partial charge is 0.401 e. The maximum Gasteiger partial charge on any atom is 0.322 e. The van der Waals surface area contributed by atoms with E-state index in [1.54, 1.807) is 28.3 Å². The molecule has 4 rings (SSSR count). The van der Waals surface area contributed by atoms with Crippen LogP contribution in [0.2, 0.25) is 0 Å². The van der Waals surface area contributed by atoms with Gasteiger partial charge >= 0.3 is 6.01 Å². The molecule has 1 N–H and O–H groups in total. The van der Waals surface area contributed by atoms with Crippen LogP contribution in [0.3, 0.4) is 0 Å². The number of piperidine rings is 1. The maximum absolute atomic E-state index is 12.6. The van der Waals surface area contributed by atoms with Crippen LogP contribution in [0, 0.1) is 5.92 Å². The minimum Gasteiger partial charge on any atom is -0.401 e. The predicted octanol–water partition coefficient (Wildman–Crippen LogP) is 2.61. The van der Waals surface area contributed by atoms with Crippen molar-refractivity contribution in [1.82, 2.24) is 24.3 Å². The normalized spacial score (nSPS) is 16.2. The summed E-state index contributed by atoms with van der Waals surface area (Å²) in [7, 11) is -3.49. The van der Waals surface area contributed by atoms with E-state index in [1.807, 2.05) is 20.0 Å². The summed E-state index contributed by atoms with van der Waals surface area (Å²) in [4.78, 5) is 12.6. The monoisotopic (exact) mass is 450 g/mol. The fourth-order valence-corrected chi connectivity index (χ4v) is 5.83. The number of anilines is 1. The number of sulfonamides is 1. The number of amides is 1. The van der Waals surface area contributed by atoms with Gasteiger partial charge in [-0.05, 0) is 44.2 Å². The zero-order valence-electron chi connectivity index (χ0n) is 16.6. The number of rotatable bonds is 6. The lowest BCUT2D eigenvalue weighted by Crippen LogP contribution is -2.41. The van der Waals surface area contributed by atoms with E-state index in [-0.39, 0.29) is 29.8 Å². The van der Waals surface area contributed by atoms with Crippen molar-refractivity contribution in [1.29, 1.82) is 0 Å². The molecule has 0 spiro atoms. The fraction of sp³-hybridized carbons (Fsp3) is 0.444. The second-order valence-corrected chi connectivity index (χ2v) is 10.4. The van der Waals surface area contributed by atoms with Gasteiger partial charge in [-0.1, -0.05) is 11.2 Å². The third-order valence-electron chi connectivity index (χ3n) is 4.93. The van der Waals surface area contributed by atoms with Crippen LogP contribution in [0.4, 0.5) is 6.01 Å².